The normalized spacial score (nSPS) is 10.5. The summed E-state index contributed by atoms with van der Waals surface area (Å²) in [5.74, 6) is 0. The van der Waals surface area contributed by atoms with Crippen LogP contribution in [0.1, 0.15) is 10.4 Å². The van der Waals surface area contributed by atoms with Crippen molar-refractivity contribution < 1.29 is 4.79 Å². The Morgan fingerprint density at radius 3 is 2.87 bits per heavy atom. The minimum absolute atomic E-state index is 0.205. The van der Waals surface area contributed by atoms with Gasteiger partial charge in [-0.1, -0.05) is 18.2 Å². The number of carbonyl (C=O) groups is 1. The summed E-state index contributed by atoms with van der Waals surface area (Å²) < 4.78 is 1.81. The maximum atomic E-state index is 12.1. The summed E-state index contributed by atoms with van der Waals surface area (Å²) in [5.41, 5.74) is 3.84. The van der Waals surface area contributed by atoms with Gasteiger partial charge in [-0.25, -0.2) is 4.79 Å². The van der Waals surface area contributed by atoms with Gasteiger partial charge in [-0.05, 0) is 36.1 Å². The predicted molar refractivity (Wildman–Crippen MR) is 93.6 cm³/mol. The number of hydrogen-bond donors (Lipinski definition) is 2. The van der Waals surface area contributed by atoms with Gasteiger partial charge in [0.15, 0.2) is 0 Å². The highest BCUT2D eigenvalue weighted by atomic mass is 32.1. The molecule has 2 heterocycles. The average molecular weight is 326 g/mol. The molecule has 0 bridgehead atoms. The van der Waals surface area contributed by atoms with Crippen molar-refractivity contribution in [3.8, 4) is 11.3 Å². The summed E-state index contributed by atoms with van der Waals surface area (Å²) in [7, 11) is 1.90. The lowest BCUT2D eigenvalue weighted by Crippen LogP contribution is -2.28. The monoisotopic (exact) mass is 326 g/mol. The fourth-order valence-corrected chi connectivity index (χ4v) is 2.96. The second-order valence-electron chi connectivity index (χ2n) is 5.26. The molecule has 2 amide bonds. The van der Waals surface area contributed by atoms with Gasteiger partial charge in [-0.2, -0.15) is 5.10 Å². The number of aromatic nitrogens is 2. The molecule has 0 aliphatic rings. The minimum Gasteiger partial charge on any atom is -0.333 e. The minimum atomic E-state index is -0.205. The van der Waals surface area contributed by atoms with Crippen LogP contribution in [0, 0.1) is 6.92 Å². The van der Waals surface area contributed by atoms with Crippen LogP contribution in [0.3, 0.4) is 0 Å². The third-order valence-corrected chi connectivity index (χ3v) is 4.48. The Hall–Kier alpha value is -2.60. The average Bonchev–Trinajstić information content (AvgIpc) is 3.19. The Bertz CT molecular complexity index is 808. The first-order valence-electron chi connectivity index (χ1n) is 7.30. The number of thiophene rings is 1. The molecule has 1 aromatic carbocycles. The fraction of sp³-hybridized carbons (Fsp3) is 0.176. The van der Waals surface area contributed by atoms with Crippen LogP contribution in [0.25, 0.3) is 11.3 Å². The van der Waals surface area contributed by atoms with Crippen LogP contribution in [0.5, 0.6) is 0 Å². The molecule has 0 radical (unpaired) electrons. The van der Waals surface area contributed by atoms with E-state index >= 15 is 0 Å². The molecule has 0 atom stereocenters. The highest BCUT2D eigenvalue weighted by Gasteiger charge is 2.08. The number of amides is 2. The van der Waals surface area contributed by atoms with E-state index in [0.717, 1.165) is 27.4 Å². The molecule has 3 rings (SSSR count). The molecular weight excluding hydrogens is 308 g/mol. The van der Waals surface area contributed by atoms with Crippen LogP contribution < -0.4 is 10.6 Å². The van der Waals surface area contributed by atoms with E-state index in [-0.39, 0.29) is 6.03 Å². The zero-order valence-electron chi connectivity index (χ0n) is 13.0. The molecule has 0 saturated heterocycles. The highest BCUT2D eigenvalue weighted by Crippen LogP contribution is 2.24. The Morgan fingerprint density at radius 1 is 1.30 bits per heavy atom. The van der Waals surface area contributed by atoms with Crippen LogP contribution in [0.4, 0.5) is 10.5 Å². The topological polar surface area (TPSA) is 59.0 Å². The van der Waals surface area contributed by atoms with Gasteiger partial charge >= 0.3 is 6.03 Å². The number of carbonyl (C=O) groups excluding carboxylic acids is 1. The lowest BCUT2D eigenvalue weighted by molar-refractivity contribution is 0.252. The van der Waals surface area contributed by atoms with Crippen molar-refractivity contribution in [2.45, 2.75) is 13.5 Å². The van der Waals surface area contributed by atoms with Gasteiger partial charge in [0, 0.05) is 29.4 Å². The van der Waals surface area contributed by atoms with Crippen molar-refractivity contribution in [1.29, 1.82) is 0 Å². The van der Waals surface area contributed by atoms with Crippen LogP contribution in [-0.2, 0) is 13.6 Å². The van der Waals surface area contributed by atoms with E-state index in [9.17, 15) is 4.79 Å². The Kier molecular flexibility index (Phi) is 4.43. The van der Waals surface area contributed by atoms with E-state index in [1.54, 1.807) is 17.5 Å². The molecule has 2 aromatic heterocycles. The number of benzene rings is 1. The van der Waals surface area contributed by atoms with Gasteiger partial charge < -0.3 is 10.6 Å². The number of anilines is 1. The van der Waals surface area contributed by atoms with Gasteiger partial charge in [-0.3, -0.25) is 4.68 Å². The number of nitrogens with one attached hydrogen (secondary N) is 2. The lowest BCUT2D eigenvalue weighted by atomic mass is 10.1. The van der Waals surface area contributed by atoms with Crippen molar-refractivity contribution in [1.82, 2.24) is 15.1 Å². The van der Waals surface area contributed by atoms with Crippen LogP contribution >= 0.6 is 11.3 Å². The van der Waals surface area contributed by atoms with Crippen molar-refractivity contribution in [3.63, 3.8) is 0 Å². The van der Waals surface area contributed by atoms with Crippen molar-refractivity contribution >= 4 is 23.1 Å². The zero-order chi connectivity index (χ0) is 16.2. The number of urea groups is 1. The third-order valence-electron chi connectivity index (χ3n) is 3.61. The summed E-state index contributed by atoms with van der Waals surface area (Å²) in [4.78, 5) is 13.2. The molecule has 0 saturated carbocycles. The van der Waals surface area contributed by atoms with Gasteiger partial charge in [-0.15, -0.1) is 11.3 Å². The molecule has 0 fully saturated rings. The third kappa shape index (κ3) is 3.60. The van der Waals surface area contributed by atoms with Crippen molar-refractivity contribution in [3.05, 3.63) is 58.4 Å². The van der Waals surface area contributed by atoms with E-state index in [0.29, 0.717) is 6.54 Å². The lowest BCUT2D eigenvalue weighted by Gasteiger charge is -2.11. The number of aryl methyl sites for hydroxylation is 2. The molecule has 0 spiro atoms. The number of nitrogens with zero attached hydrogens (tertiary/aromatic N) is 2. The SMILES string of the molecule is Cc1ccc(-c2ccnn2C)cc1NC(=O)NCc1cccs1. The summed E-state index contributed by atoms with van der Waals surface area (Å²) >= 11 is 1.62. The zero-order valence-corrected chi connectivity index (χ0v) is 13.9. The summed E-state index contributed by atoms with van der Waals surface area (Å²) in [6.07, 6.45) is 1.76. The van der Waals surface area contributed by atoms with E-state index < -0.39 is 0 Å². The molecule has 118 valence electrons. The Labute approximate surface area is 139 Å². The summed E-state index contributed by atoms with van der Waals surface area (Å²) in [6.45, 7) is 2.51. The standard InChI is InChI=1S/C17H18N4OS/c1-12-5-6-13(16-7-8-19-21(16)2)10-15(12)20-17(22)18-11-14-4-3-9-23-14/h3-10H,11H2,1-2H3,(H2,18,20,22). The quantitative estimate of drug-likeness (QED) is 0.766. The maximum absolute atomic E-state index is 12.1. The van der Waals surface area contributed by atoms with Gasteiger partial charge in [0.25, 0.3) is 0 Å². The second-order valence-corrected chi connectivity index (χ2v) is 6.29. The molecule has 5 nitrogen and oxygen atoms in total. The Balaban J connectivity index is 1.72. The first-order chi connectivity index (χ1) is 11.1. The van der Waals surface area contributed by atoms with E-state index in [1.165, 1.54) is 0 Å². The molecule has 23 heavy (non-hydrogen) atoms. The van der Waals surface area contributed by atoms with Crippen LogP contribution in [-0.4, -0.2) is 15.8 Å². The van der Waals surface area contributed by atoms with Crippen LogP contribution in [0.2, 0.25) is 0 Å². The highest BCUT2D eigenvalue weighted by molar-refractivity contribution is 7.09. The first kappa shape index (κ1) is 15.3. The number of rotatable bonds is 4. The van der Waals surface area contributed by atoms with Crippen molar-refractivity contribution in [2.75, 3.05) is 5.32 Å². The molecule has 0 aliphatic carbocycles. The molecular formula is C17H18N4OS. The molecule has 2 N–H and O–H groups in total. The van der Waals surface area contributed by atoms with E-state index in [1.807, 2.05) is 60.4 Å². The molecule has 0 unspecified atom stereocenters. The number of hydrogen-bond acceptors (Lipinski definition) is 3. The maximum Gasteiger partial charge on any atom is 0.319 e. The van der Waals surface area contributed by atoms with Crippen molar-refractivity contribution in [2.24, 2.45) is 7.05 Å². The van der Waals surface area contributed by atoms with Crippen LogP contribution in [0.15, 0.2) is 48.0 Å². The van der Waals surface area contributed by atoms with E-state index in [2.05, 4.69) is 15.7 Å². The largest absolute Gasteiger partial charge is 0.333 e. The smallest absolute Gasteiger partial charge is 0.319 e. The predicted octanol–water partition coefficient (Wildman–Crippen LogP) is 3.78. The van der Waals surface area contributed by atoms with Gasteiger partial charge in [0.1, 0.15) is 0 Å². The van der Waals surface area contributed by atoms with Gasteiger partial charge in [0.2, 0.25) is 0 Å². The summed E-state index contributed by atoms with van der Waals surface area (Å²) in [5, 5.41) is 12.0. The van der Waals surface area contributed by atoms with E-state index in [4.69, 9.17) is 0 Å². The summed E-state index contributed by atoms with van der Waals surface area (Å²) in [6, 6.07) is 11.7. The fourth-order valence-electron chi connectivity index (χ4n) is 2.32. The molecule has 6 heteroatoms. The first-order valence-corrected chi connectivity index (χ1v) is 8.18. The molecule has 0 aliphatic heterocycles. The molecule has 3 aromatic rings. The van der Waals surface area contributed by atoms with Gasteiger partial charge in [0.05, 0.1) is 12.2 Å². The Morgan fingerprint density at radius 2 is 2.17 bits per heavy atom. The second kappa shape index (κ2) is 6.66.